The van der Waals surface area contributed by atoms with Crippen LogP contribution in [-0.2, 0) is 6.42 Å². The maximum Gasteiger partial charge on any atom is 0.137 e. The second kappa shape index (κ2) is 5.20. The third-order valence-electron chi connectivity index (χ3n) is 3.11. The standard InChI is InChI=1S/C15H15N3O/c16-6-1-2-12-10-11(3-7-17-12)15-13-5-9-19-14(13)4-8-18-15/h3-5,7-10H,1-2,6,16H2. The van der Waals surface area contributed by atoms with Gasteiger partial charge in [-0.25, -0.2) is 0 Å². The fraction of sp³-hybridized carbons (Fsp3) is 0.200. The molecule has 0 saturated carbocycles. The van der Waals surface area contributed by atoms with Crippen molar-refractivity contribution in [1.29, 1.82) is 0 Å². The molecule has 0 bridgehead atoms. The smallest absolute Gasteiger partial charge is 0.137 e. The highest BCUT2D eigenvalue weighted by Gasteiger charge is 2.08. The van der Waals surface area contributed by atoms with Gasteiger partial charge in [-0.2, -0.15) is 0 Å². The zero-order valence-corrected chi connectivity index (χ0v) is 10.5. The van der Waals surface area contributed by atoms with E-state index in [1.807, 2.05) is 24.4 Å². The Hall–Kier alpha value is -2.20. The lowest BCUT2D eigenvalue weighted by molar-refractivity contribution is 0.615. The van der Waals surface area contributed by atoms with E-state index in [-0.39, 0.29) is 0 Å². The summed E-state index contributed by atoms with van der Waals surface area (Å²) in [5, 5.41) is 1.03. The van der Waals surface area contributed by atoms with Crippen LogP contribution in [0.1, 0.15) is 12.1 Å². The molecular weight excluding hydrogens is 238 g/mol. The van der Waals surface area contributed by atoms with Gasteiger partial charge in [0.05, 0.1) is 12.0 Å². The fourth-order valence-corrected chi connectivity index (χ4v) is 2.17. The van der Waals surface area contributed by atoms with Gasteiger partial charge in [0.2, 0.25) is 0 Å². The number of nitrogens with two attached hydrogens (primary N) is 1. The Balaban J connectivity index is 2.03. The molecule has 0 atom stereocenters. The lowest BCUT2D eigenvalue weighted by atomic mass is 10.1. The van der Waals surface area contributed by atoms with Crippen molar-refractivity contribution in [2.24, 2.45) is 5.73 Å². The molecule has 0 aliphatic carbocycles. The summed E-state index contributed by atoms with van der Waals surface area (Å²) in [6.45, 7) is 0.682. The zero-order valence-electron chi connectivity index (χ0n) is 10.5. The molecule has 3 aromatic rings. The van der Waals surface area contributed by atoms with E-state index in [0.717, 1.165) is 40.8 Å². The average molecular weight is 253 g/mol. The number of hydrogen-bond donors (Lipinski definition) is 1. The van der Waals surface area contributed by atoms with Crippen LogP contribution in [0.25, 0.3) is 22.2 Å². The lowest BCUT2D eigenvalue weighted by Gasteiger charge is -2.04. The molecule has 0 aliphatic rings. The minimum absolute atomic E-state index is 0.682. The maximum atomic E-state index is 5.53. The summed E-state index contributed by atoms with van der Waals surface area (Å²) in [6, 6.07) is 7.86. The highest BCUT2D eigenvalue weighted by atomic mass is 16.3. The minimum atomic E-state index is 0.682. The van der Waals surface area contributed by atoms with Gasteiger partial charge in [-0.15, -0.1) is 0 Å². The van der Waals surface area contributed by atoms with Crippen LogP contribution in [0.15, 0.2) is 47.3 Å². The van der Waals surface area contributed by atoms with Crippen molar-refractivity contribution in [3.8, 4) is 11.3 Å². The van der Waals surface area contributed by atoms with Crippen molar-refractivity contribution in [2.45, 2.75) is 12.8 Å². The Morgan fingerprint density at radius 2 is 2.00 bits per heavy atom. The third kappa shape index (κ3) is 2.35. The van der Waals surface area contributed by atoms with Crippen LogP contribution < -0.4 is 5.73 Å². The topological polar surface area (TPSA) is 64.9 Å². The Kier molecular flexibility index (Phi) is 3.25. The summed E-state index contributed by atoms with van der Waals surface area (Å²) in [7, 11) is 0. The summed E-state index contributed by atoms with van der Waals surface area (Å²) in [5.41, 5.74) is 9.43. The van der Waals surface area contributed by atoms with Crippen molar-refractivity contribution in [3.05, 3.63) is 48.6 Å². The SMILES string of the molecule is NCCCc1cc(-c2nccc3occc23)ccn1. The van der Waals surface area contributed by atoms with Gasteiger partial charge < -0.3 is 10.2 Å². The predicted octanol–water partition coefficient (Wildman–Crippen LogP) is 2.78. The van der Waals surface area contributed by atoms with Crippen LogP contribution in [0.5, 0.6) is 0 Å². The number of aryl methyl sites for hydroxylation is 1. The van der Waals surface area contributed by atoms with E-state index in [4.69, 9.17) is 10.2 Å². The maximum absolute atomic E-state index is 5.53. The van der Waals surface area contributed by atoms with Crippen LogP contribution in [0.2, 0.25) is 0 Å². The van der Waals surface area contributed by atoms with Crippen molar-refractivity contribution < 1.29 is 4.42 Å². The van der Waals surface area contributed by atoms with Crippen molar-refractivity contribution in [1.82, 2.24) is 9.97 Å². The number of nitrogens with zero attached hydrogens (tertiary/aromatic N) is 2. The minimum Gasteiger partial charge on any atom is -0.464 e. The molecule has 19 heavy (non-hydrogen) atoms. The first-order chi connectivity index (χ1) is 9.38. The van der Waals surface area contributed by atoms with Gasteiger partial charge in [0.1, 0.15) is 5.58 Å². The second-order valence-corrected chi connectivity index (χ2v) is 4.42. The zero-order chi connectivity index (χ0) is 13.1. The number of fused-ring (bicyclic) bond motifs is 1. The number of rotatable bonds is 4. The second-order valence-electron chi connectivity index (χ2n) is 4.42. The molecule has 0 radical (unpaired) electrons. The number of furan rings is 1. The molecule has 4 heteroatoms. The molecule has 3 aromatic heterocycles. The van der Waals surface area contributed by atoms with Crippen LogP contribution in [0.4, 0.5) is 0 Å². The van der Waals surface area contributed by atoms with Gasteiger partial charge in [0.25, 0.3) is 0 Å². The first-order valence-electron chi connectivity index (χ1n) is 6.36. The molecule has 0 fully saturated rings. The Labute approximate surface area is 111 Å². The van der Waals surface area contributed by atoms with Crippen molar-refractivity contribution >= 4 is 11.0 Å². The van der Waals surface area contributed by atoms with Gasteiger partial charge in [-0.05, 0) is 43.7 Å². The van der Waals surface area contributed by atoms with Crippen LogP contribution in [-0.4, -0.2) is 16.5 Å². The van der Waals surface area contributed by atoms with Crippen LogP contribution in [0.3, 0.4) is 0 Å². The highest BCUT2D eigenvalue weighted by molar-refractivity contribution is 5.91. The number of pyridine rings is 2. The van der Waals surface area contributed by atoms with E-state index >= 15 is 0 Å². The molecule has 3 heterocycles. The molecule has 4 nitrogen and oxygen atoms in total. The van der Waals surface area contributed by atoms with Gasteiger partial charge in [-0.3, -0.25) is 9.97 Å². The molecule has 0 aliphatic heterocycles. The summed E-state index contributed by atoms with van der Waals surface area (Å²) >= 11 is 0. The Morgan fingerprint density at radius 1 is 1.11 bits per heavy atom. The number of hydrogen-bond acceptors (Lipinski definition) is 4. The van der Waals surface area contributed by atoms with Crippen LogP contribution in [0, 0.1) is 0 Å². The first kappa shape index (κ1) is 11.9. The molecule has 0 spiro atoms. The molecule has 0 unspecified atom stereocenters. The molecular formula is C15H15N3O. The number of aromatic nitrogens is 2. The molecule has 3 rings (SSSR count). The van der Waals surface area contributed by atoms with E-state index in [9.17, 15) is 0 Å². The molecule has 2 N–H and O–H groups in total. The molecule has 0 aromatic carbocycles. The largest absolute Gasteiger partial charge is 0.464 e. The lowest BCUT2D eigenvalue weighted by Crippen LogP contribution is -2.01. The molecule has 96 valence electrons. The van der Waals surface area contributed by atoms with Gasteiger partial charge in [-0.1, -0.05) is 0 Å². The molecule has 0 amide bonds. The monoisotopic (exact) mass is 253 g/mol. The molecule has 0 saturated heterocycles. The van der Waals surface area contributed by atoms with E-state index in [1.165, 1.54) is 0 Å². The van der Waals surface area contributed by atoms with Crippen LogP contribution >= 0.6 is 0 Å². The summed E-state index contributed by atoms with van der Waals surface area (Å²) in [6.07, 6.45) is 7.11. The summed E-state index contributed by atoms with van der Waals surface area (Å²) in [4.78, 5) is 8.82. The van der Waals surface area contributed by atoms with E-state index in [1.54, 1.807) is 12.5 Å². The fourth-order valence-electron chi connectivity index (χ4n) is 2.17. The third-order valence-corrected chi connectivity index (χ3v) is 3.11. The first-order valence-corrected chi connectivity index (χ1v) is 6.36. The van der Waals surface area contributed by atoms with E-state index < -0.39 is 0 Å². The Morgan fingerprint density at radius 3 is 2.89 bits per heavy atom. The predicted molar refractivity (Wildman–Crippen MR) is 74.6 cm³/mol. The van der Waals surface area contributed by atoms with Crippen molar-refractivity contribution in [3.63, 3.8) is 0 Å². The summed E-state index contributed by atoms with van der Waals surface area (Å²) < 4.78 is 5.40. The normalized spacial score (nSPS) is 11.0. The highest BCUT2D eigenvalue weighted by Crippen LogP contribution is 2.27. The Bertz CT molecular complexity index is 690. The summed E-state index contributed by atoms with van der Waals surface area (Å²) in [5.74, 6) is 0. The quantitative estimate of drug-likeness (QED) is 0.776. The van der Waals surface area contributed by atoms with Gasteiger partial charge >= 0.3 is 0 Å². The van der Waals surface area contributed by atoms with Gasteiger partial charge in [0, 0.05) is 29.0 Å². The van der Waals surface area contributed by atoms with Gasteiger partial charge in [0.15, 0.2) is 0 Å². The van der Waals surface area contributed by atoms with Crippen molar-refractivity contribution in [2.75, 3.05) is 6.54 Å². The van der Waals surface area contributed by atoms with E-state index in [0.29, 0.717) is 6.54 Å². The average Bonchev–Trinajstić information content (AvgIpc) is 2.93. The van der Waals surface area contributed by atoms with E-state index in [2.05, 4.69) is 16.0 Å².